The van der Waals surface area contributed by atoms with E-state index in [0.717, 1.165) is 18.5 Å². The number of thiazole rings is 1. The van der Waals surface area contributed by atoms with Gasteiger partial charge in [-0.25, -0.2) is 4.98 Å². The zero-order valence-corrected chi connectivity index (χ0v) is 32.4. The summed E-state index contributed by atoms with van der Waals surface area (Å²) < 4.78 is 10.7. The minimum Gasteiger partial charge on any atom is -0.469 e. The molecule has 1 fully saturated rings. The first-order valence-electron chi connectivity index (χ1n) is 18.0. The van der Waals surface area contributed by atoms with Crippen LogP contribution in [0.2, 0.25) is 0 Å². The average molecular weight is 728 g/mol. The molecule has 3 N–H and O–H groups in total. The third kappa shape index (κ3) is 11.6. The molecule has 3 rings (SSSR count). The van der Waals surface area contributed by atoms with E-state index in [9.17, 15) is 24.0 Å². The number of amides is 3. The minimum atomic E-state index is -0.825. The second-order valence-electron chi connectivity index (χ2n) is 14.4. The molecule has 1 aliphatic rings. The third-order valence-corrected chi connectivity index (χ3v) is 10.9. The molecule has 2 heterocycles. The van der Waals surface area contributed by atoms with E-state index in [1.807, 2.05) is 65.0 Å². The summed E-state index contributed by atoms with van der Waals surface area (Å²) in [7, 11) is 3.06. The predicted octanol–water partition coefficient (Wildman–Crippen LogP) is 4.83. The number of benzene rings is 1. The number of methoxy groups -OCH3 is 1. The Morgan fingerprint density at radius 3 is 2.31 bits per heavy atom. The van der Waals surface area contributed by atoms with Gasteiger partial charge >= 0.3 is 11.9 Å². The molecule has 0 spiro atoms. The summed E-state index contributed by atoms with van der Waals surface area (Å²) in [6.45, 7) is 13.6. The molecule has 12 nitrogen and oxygen atoms in total. The van der Waals surface area contributed by atoms with Crippen molar-refractivity contribution in [3.05, 3.63) is 52.0 Å². The van der Waals surface area contributed by atoms with Crippen molar-refractivity contribution in [2.24, 2.45) is 17.8 Å². The molecule has 0 saturated carbocycles. The van der Waals surface area contributed by atoms with Crippen LogP contribution in [0.3, 0.4) is 0 Å². The second kappa shape index (κ2) is 19.1. The van der Waals surface area contributed by atoms with Crippen molar-refractivity contribution in [2.45, 2.75) is 117 Å². The Morgan fingerprint density at radius 2 is 1.75 bits per heavy atom. The summed E-state index contributed by atoms with van der Waals surface area (Å²) in [4.78, 5) is 71.9. The van der Waals surface area contributed by atoms with E-state index in [4.69, 9.17) is 9.47 Å². The largest absolute Gasteiger partial charge is 0.469 e. The van der Waals surface area contributed by atoms with E-state index >= 15 is 0 Å². The molecule has 7 atom stereocenters. The molecular formula is C38H57N5O7S. The van der Waals surface area contributed by atoms with E-state index in [1.54, 1.807) is 24.3 Å². The standard InChI is InChI=1S/C38H57N5O7S/c1-10-24(4)32(42-37(48)38(7)17-14-18-39-38)35(46)43(8)30(23(2)3)21-31(50-26(6)44)34-41-29(22-51-34)33(45)40-28(19-25(5)36(47)49-9)20-27-15-12-11-13-16-27/h11-13,15-16,22-25,28,30-32,39H,10,14,17-21H2,1-9H3,(H,40,45)(H,42,48)/t24?,25?,28?,30?,31?,32?,38-/m1/s1. The number of aromatic nitrogens is 1. The molecule has 13 heteroatoms. The highest BCUT2D eigenvalue weighted by atomic mass is 32.1. The molecule has 51 heavy (non-hydrogen) atoms. The van der Waals surface area contributed by atoms with Crippen LogP contribution in [0, 0.1) is 17.8 Å². The molecule has 282 valence electrons. The Bertz CT molecular complexity index is 1480. The zero-order chi connectivity index (χ0) is 37.9. The van der Waals surface area contributed by atoms with Crippen LogP contribution in [0.25, 0.3) is 0 Å². The maximum Gasteiger partial charge on any atom is 0.308 e. The summed E-state index contributed by atoms with van der Waals surface area (Å²) in [6.07, 6.45) is 2.56. The summed E-state index contributed by atoms with van der Waals surface area (Å²) >= 11 is 1.20. The fraction of sp³-hybridized carbons (Fsp3) is 0.632. The summed E-state index contributed by atoms with van der Waals surface area (Å²) in [5.41, 5.74) is 0.444. The van der Waals surface area contributed by atoms with Crippen molar-refractivity contribution in [3.8, 4) is 0 Å². The van der Waals surface area contributed by atoms with Gasteiger partial charge in [0.2, 0.25) is 11.8 Å². The number of carbonyl (C=O) groups is 5. The van der Waals surface area contributed by atoms with Gasteiger partial charge in [0.25, 0.3) is 5.91 Å². The van der Waals surface area contributed by atoms with Crippen LogP contribution in [-0.2, 0) is 35.1 Å². The molecule has 3 amide bonds. The molecule has 1 aliphatic heterocycles. The molecule has 1 saturated heterocycles. The number of nitrogens with one attached hydrogen (secondary N) is 3. The van der Waals surface area contributed by atoms with Gasteiger partial charge in [0, 0.05) is 37.9 Å². The lowest BCUT2D eigenvalue weighted by molar-refractivity contribution is -0.149. The Morgan fingerprint density at radius 1 is 1.06 bits per heavy atom. The van der Waals surface area contributed by atoms with Crippen LogP contribution in [0.15, 0.2) is 35.7 Å². The van der Waals surface area contributed by atoms with Crippen molar-refractivity contribution in [1.82, 2.24) is 25.8 Å². The van der Waals surface area contributed by atoms with Crippen LogP contribution in [0.4, 0.5) is 0 Å². The lowest BCUT2D eigenvalue weighted by Gasteiger charge is -2.37. The van der Waals surface area contributed by atoms with Gasteiger partial charge in [-0.1, -0.05) is 71.4 Å². The highest BCUT2D eigenvalue weighted by molar-refractivity contribution is 7.09. The van der Waals surface area contributed by atoms with Gasteiger partial charge in [-0.15, -0.1) is 11.3 Å². The SMILES string of the molecule is CCC(C)C(NC(=O)[C@@]1(C)CCCN1)C(=O)N(C)C(CC(OC(C)=O)c1nc(C(=O)NC(Cc2ccccc2)CC(C)C(=O)OC)cs1)C(C)C. The number of esters is 2. The van der Waals surface area contributed by atoms with Crippen LogP contribution in [0.1, 0.15) is 108 Å². The number of ether oxygens (including phenoxy) is 2. The van der Waals surface area contributed by atoms with Crippen molar-refractivity contribution in [3.63, 3.8) is 0 Å². The first-order chi connectivity index (χ1) is 24.1. The van der Waals surface area contributed by atoms with Gasteiger partial charge in [-0.2, -0.15) is 0 Å². The maximum atomic E-state index is 14.1. The van der Waals surface area contributed by atoms with Crippen LogP contribution in [-0.4, -0.2) is 83.9 Å². The van der Waals surface area contributed by atoms with Gasteiger partial charge in [0.15, 0.2) is 6.10 Å². The van der Waals surface area contributed by atoms with Crippen molar-refractivity contribution < 1.29 is 33.4 Å². The van der Waals surface area contributed by atoms with Crippen molar-refractivity contribution >= 4 is 41.0 Å². The Kier molecular flexibility index (Phi) is 15.6. The molecule has 0 radical (unpaired) electrons. The Labute approximate surface area is 306 Å². The summed E-state index contributed by atoms with van der Waals surface area (Å²) in [5.74, 6) is -2.29. The van der Waals surface area contributed by atoms with Gasteiger partial charge in [0.1, 0.15) is 16.7 Å². The number of nitrogens with zero attached hydrogens (tertiary/aromatic N) is 2. The summed E-state index contributed by atoms with van der Waals surface area (Å²) in [6, 6.07) is 8.19. The second-order valence-corrected chi connectivity index (χ2v) is 15.3. The molecule has 0 aliphatic carbocycles. The maximum absolute atomic E-state index is 14.1. The highest BCUT2D eigenvalue weighted by Crippen LogP contribution is 2.31. The molecular weight excluding hydrogens is 671 g/mol. The molecule has 1 aromatic carbocycles. The molecule has 0 bridgehead atoms. The van der Waals surface area contributed by atoms with Gasteiger partial charge in [0.05, 0.1) is 18.6 Å². The van der Waals surface area contributed by atoms with E-state index in [2.05, 4.69) is 20.9 Å². The number of hydrogen-bond acceptors (Lipinski definition) is 10. The minimum absolute atomic E-state index is 0.0439. The van der Waals surface area contributed by atoms with Gasteiger partial charge < -0.3 is 30.3 Å². The first kappa shape index (κ1) is 41.6. The smallest absolute Gasteiger partial charge is 0.308 e. The normalized spacial score (nSPS) is 19.3. The Balaban J connectivity index is 1.82. The molecule has 2 aromatic rings. The number of hydrogen-bond donors (Lipinski definition) is 3. The molecule has 6 unspecified atom stereocenters. The number of carbonyl (C=O) groups excluding carboxylic acids is 5. The first-order valence-corrected chi connectivity index (χ1v) is 18.9. The predicted molar refractivity (Wildman–Crippen MR) is 197 cm³/mol. The van der Waals surface area contributed by atoms with E-state index in [0.29, 0.717) is 30.7 Å². The van der Waals surface area contributed by atoms with Crippen LogP contribution < -0.4 is 16.0 Å². The lowest BCUT2D eigenvalue weighted by Crippen LogP contribution is -2.60. The van der Waals surface area contributed by atoms with Crippen molar-refractivity contribution in [2.75, 3.05) is 20.7 Å². The highest BCUT2D eigenvalue weighted by Gasteiger charge is 2.41. The number of likely N-dealkylation sites (N-methyl/N-ethyl adjacent to an activating group) is 1. The van der Waals surface area contributed by atoms with Gasteiger partial charge in [-0.3, -0.25) is 24.0 Å². The monoisotopic (exact) mass is 727 g/mol. The van der Waals surface area contributed by atoms with Crippen LogP contribution in [0.5, 0.6) is 0 Å². The van der Waals surface area contributed by atoms with Crippen molar-refractivity contribution in [1.29, 1.82) is 0 Å². The average Bonchev–Trinajstić information content (AvgIpc) is 3.78. The molecule has 1 aromatic heterocycles. The van der Waals surface area contributed by atoms with E-state index in [1.165, 1.54) is 25.4 Å². The fourth-order valence-corrected chi connectivity index (χ4v) is 7.41. The van der Waals surface area contributed by atoms with E-state index in [-0.39, 0.29) is 53.8 Å². The van der Waals surface area contributed by atoms with E-state index < -0.39 is 35.5 Å². The van der Waals surface area contributed by atoms with Crippen LogP contribution >= 0.6 is 11.3 Å². The fourth-order valence-electron chi connectivity index (χ4n) is 6.57. The Hall–Kier alpha value is -3.84. The lowest BCUT2D eigenvalue weighted by atomic mass is 9.92. The van der Waals surface area contributed by atoms with Gasteiger partial charge in [-0.05, 0) is 56.6 Å². The topological polar surface area (TPSA) is 156 Å². The third-order valence-electron chi connectivity index (χ3n) is 9.95. The quantitative estimate of drug-likeness (QED) is 0.183. The zero-order valence-electron chi connectivity index (χ0n) is 31.6. The number of rotatable bonds is 18. The summed E-state index contributed by atoms with van der Waals surface area (Å²) in [5, 5.41) is 11.4.